The second-order valence-electron chi connectivity index (χ2n) is 6.70. The Labute approximate surface area is 179 Å². The molecule has 1 aliphatic heterocycles. The van der Waals surface area contributed by atoms with E-state index in [9.17, 15) is 14.4 Å². The Balaban J connectivity index is 1.78. The molecule has 4 amide bonds. The number of nitrogens with zero attached hydrogens (tertiary/aromatic N) is 1. The van der Waals surface area contributed by atoms with Gasteiger partial charge in [-0.3, -0.25) is 14.5 Å². The second kappa shape index (κ2) is 8.62. The fourth-order valence-corrected chi connectivity index (χ4v) is 3.50. The zero-order chi connectivity index (χ0) is 21.9. The minimum Gasteiger partial charge on any atom is -0.497 e. The van der Waals surface area contributed by atoms with Gasteiger partial charge >= 0.3 is 6.03 Å². The molecule has 30 heavy (non-hydrogen) atoms. The lowest BCUT2D eigenvalue weighted by atomic mass is 9.87. The largest absolute Gasteiger partial charge is 0.497 e. The number of hydrogen-bond acceptors (Lipinski definition) is 5. The summed E-state index contributed by atoms with van der Waals surface area (Å²) in [6.07, 6.45) is 0.323. The van der Waals surface area contributed by atoms with Gasteiger partial charge in [0.2, 0.25) is 5.91 Å². The van der Waals surface area contributed by atoms with E-state index in [1.807, 2.05) is 0 Å². The van der Waals surface area contributed by atoms with Crippen molar-refractivity contribution in [3.63, 3.8) is 0 Å². The van der Waals surface area contributed by atoms with Crippen molar-refractivity contribution in [2.45, 2.75) is 18.9 Å². The zero-order valence-electron chi connectivity index (χ0n) is 16.8. The average Bonchev–Trinajstić information content (AvgIpc) is 2.99. The lowest BCUT2D eigenvalue weighted by Crippen LogP contribution is -2.44. The molecule has 0 spiro atoms. The molecule has 1 saturated heterocycles. The van der Waals surface area contributed by atoms with Crippen LogP contribution in [0.5, 0.6) is 11.5 Å². The third-order valence-electron chi connectivity index (χ3n) is 5.03. The Hall–Kier alpha value is -3.26. The molecule has 9 heteroatoms. The molecule has 1 unspecified atom stereocenters. The number of carbonyl (C=O) groups excluding carboxylic acids is 3. The van der Waals surface area contributed by atoms with Crippen LogP contribution in [0.1, 0.15) is 18.9 Å². The van der Waals surface area contributed by atoms with E-state index >= 15 is 0 Å². The molecular weight excluding hydrogens is 410 g/mol. The molecular formula is C21H22ClN3O5. The van der Waals surface area contributed by atoms with E-state index in [1.54, 1.807) is 49.4 Å². The van der Waals surface area contributed by atoms with Crippen molar-refractivity contribution in [2.75, 3.05) is 26.1 Å². The van der Waals surface area contributed by atoms with Crippen LogP contribution in [-0.4, -0.2) is 43.5 Å². The molecule has 2 aromatic rings. The molecule has 0 saturated carbocycles. The molecule has 2 aromatic carbocycles. The normalized spacial score (nSPS) is 18.2. The maximum Gasteiger partial charge on any atom is 0.325 e. The summed E-state index contributed by atoms with van der Waals surface area (Å²) >= 11 is 5.94. The van der Waals surface area contributed by atoms with Crippen LogP contribution < -0.4 is 20.1 Å². The summed E-state index contributed by atoms with van der Waals surface area (Å²) in [5.41, 5.74) is -0.234. The van der Waals surface area contributed by atoms with E-state index in [-0.39, 0.29) is 0 Å². The topological polar surface area (TPSA) is 97.0 Å². The maximum atomic E-state index is 13.1. The van der Waals surface area contributed by atoms with Crippen LogP contribution in [0.2, 0.25) is 5.02 Å². The second-order valence-corrected chi connectivity index (χ2v) is 7.14. The van der Waals surface area contributed by atoms with Gasteiger partial charge in [-0.05, 0) is 36.2 Å². The van der Waals surface area contributed by atoms with Crippen LogP contribution in [0.4, 0.5) is 10.5 Å². The number of ether oxygens (including phenoxy) is 2. The standard InChI is InChI=1S/C21H22ClN3O5/c1-4-21(13-5-7-14(22)8-6-13)19(27)25(20(28)24-21)12-18(26)23-16-10-9-15(29-2)11-17(16)30-3/h5-11H,4,12H2,1-3H3,(H,23,26)(H,24,28). The van der Waals surface area contributed by atoms with Gasteiger partial charge in [-0.15, -0.1) is 0 Å². The molecule has 1 fully saturated rings. The van der Waals surface area contributed by atoms with Gasteiger partial charge in [-0.25, -0.2) is 4.79 Å². The number of nitrogens with one attached hydrogen (secondary N) is 2. The molecule has 2 N–H and O–H groups in total. The average molecular weight is 432 g/mol. The lowest BCUT2D eigenvalue weighted by molar-refractivity contribution is -0.134. The maximum absolute atomic E-state index is 13.1. The number of imide groups is 1. The predicted octanol–water partition coefficient (Wildman–Crippen LogP) is 3.15. The summed E-state index contributed by atoms with van der Waals surface area (Å²) in [7, 11) is 2.98. The predicted molar refractivity (Wildman–Crippen MR) is 112 cm³/mol. The number of hydrogen-bond donors (Lipinski definition) is 2. The Morgan fingerprint density at radius 3 is 2.43 bits per heavy atom. The fraction of sp³-hybridized carbons (Fsp3) is 0.286. The number of amides is 4. The highest BCUT2D eigenvalue weighted by molar-refractivity contribution is 6.30. The van der Waals surface area contributed by atoms with Gasteiger partial charge in [0.25, 0.3) is 5.91 Å². The van der Waals surface area contributed by atoms with Crippen molar-refractivity contribution < 1.29 is 23.9 Å². The van der Waals surface area contributed by atoms with Gasteiger partial charge in [0.1, 0.15) is 23.6 Å². The molecule has 3 rings (SSSR count). The molecule has 8 nitrogen and oxygen atoms in total. The number of methoxy groups -OCH3 is 2. The van der Waals surface area contributed by atoms with Crippen molar-refractivity contribution >= 4 is 35.1 Å². The van der Waals surface area contributed by atoms with E-state index < -0.39 is 29.9 Å². The van der Waals surface area contributed by atoms with E-state index in [0.717, 1.165) is 4.90 Å². The van der Waals surface area contributed by atoms with Crippen LogP contribution in [0, 0.1) is 0 Å². The monoisotopic (exact) mass is 431 g/mol. The Morgan fingerprint density at radius 1 is 1.13 bits per heavy atom. The number of carbonyl (C=O) groups is 3. The van der Waals surface area contributed by atoms with Gasteiger partial charge in [-0.2, -0.15) is 0 Å². The van der Waals surface area contributed by atoms with Crippen LogP contribution in [-0.2, 0) is 15.1 Å². The smallest absolute Gasteiger partial charge is 0.325 e. The van der Waals surface area contributed by atoms with Gasteiger partial charge in [-0.1, -0.05) is 30.7 Å². The van der Waals surface area contributed by atoms with Crippen molar-refractivity contribution in [1.82, 2.24) is 10.2 Å². The van der Waals surface area contributed by atoms with Gasteiger partial charge < -0.3 is 20.1 Å². The first-order valence-electron chi connectivity index (χ1n) is 9.26. The SMILES string of the molecule is CCC1(c2ccc(Cl)cc2)NC(=O)N(CC(=O)Nc2ccc(OC)cc2OC)C1=O. The van der Waals surface area contributed by atoms with Crippen LogP contribution in [0.25, 0.3) is 0 Å². The third-order valence-corrected chi connectivity index (χ3v) is 5.28. The highest BCUT2D eigenvalue weighted by Crippen LogP contribution is 2.33. The number of benzene rings is 2. The van der Waals surface area contributed by atoms with Crippen LogP contribution >= 0.6 is 11.6 Å². The quantitative estimate of drug-likeness (QED) is 0.656. The summed E-state index contributed by atoms with van der Waals surface area (Å²) in [6.45, 7) is 1.35. The minimum absolute atomic E-state index is 0.323. The van der Waals surface area contributed by atoms with Gasteiger partial charge in [0.05, 0.1) is 19.9 Å². The number of halogens is 1. The number of urea groups is 1. The Kier molecular flexibility index (Phi) is 6.17. The molecule has 0 aromatic heterocycles. The highest BCUT2D eigenvalue weighted by atomic mass is 35.5. The Bertz CT molecular complexity index is 979. The minimum atomic E-state index is -1.24. The molecule has 158 valence electrons. The third kappa shape index (κ3) is 3.91. The van der Waals surface area contributed by atoms with E-state index in [0.29, 0.717) is 34.2 Å². The van der Waals surface area contributed by atoms with E-state index in [1.165, 1.54) is 14.2 Å². The molecule has 1 aliphatic rings. The molecule has 0 radical (unpaired) electrons. The molecule has 1 atom stereocenters. The summed E-state index contributed by atoms with van der Waals surface area (Å²) in [6, 6.07) is 10.9. The summed E-state index contributed by atoms with van der Waals surface area (Å²) < 4.78 is 10.4. The summed E-state index contributed by atoms with van der Waals surface area (Å²) in [5.74, 6) is -0.0715. The number of rotatable bonds is 7. The number of anilines is 1. The van der Waals surface area contributed by atoms with E-state index in [4.69, 9.17) is 21.1 Å². The van der Waals surface area contributed by atoms with Gasteiger partial charge in [0.15, 0.2) is 0 Å². The first-order valence-corrected chi connectivity index (χ1v) is 9.64. The molecule has 0 bridgehead atoms. The first-order chi connectivity index (χ1) is 14.3. The van der Waals surface area contributed by atoms with E-state index in [2.05, 4.69) is 10.6 Å². The van der Waals surface area contributed by atoms with Crippen molar-refractivity contribution in [1.29, 1.82) is 0 Å². The Morgan fingerprint density at radius 2 is 1.83 bits per heavy atom. The highest BCUT2D eigenvalue weighted by Gasteiger charge is 2.51. The van der Waals surface area contributed by atoms with Gasteiger partial charge in [0, 0.05) is 11.1 Å². The molecule has 0 aliphatic carbocycles. The van der Waals surface area contributed by atoms with Crippen LogP contribution in [0.3, 0.4) is 0 Å². The molecule has 1 heterocycles. The van der Waals surface area contributed by atoms with Crippen molar-refractivity contribution in [2.24, 2.45) is 0 Å². The fourth-order valence-electron chi connectivity index (χ4n) is 3.38. The van der Waals surface area contributed by atoms with Crippen molar-refractivity contribution in [3.05, 3.63) is 53.1 Å². The lowest BCUT2D eigenvalue weighted by Gasteiger charge is -2.25. The zero-order valence-corrected chi connectivity index (χ0v) is 17.6. The van der Waals surface area contributed by atoms with Crippen molar-refractivity contribution in [3.8, 4) is 11.5 Å². The van der Waals surface area contributed by atoms with Crippen LogP contribution in [0.15, 0.2) is 42.5 Å². The first kappa shape index (κ1) is 21.4. The summed E-state index contributed by atoms with van der Waals surface area (Å²) in [5, 5.41) is 5.92. The summed E-state index contributed by atoms with van der Waals surface area (Å²) in [4.78, 5) is 39.2.